The number of sulfonamides is 1. The molecule has 1 atom stereocenters. The van der Waals surface area contributed by atoms with Crippen LogP contribution in [0.25, 0.3) is 0 Å². The normalized spacial score (nSPS) is 20.0. The fourth-order valence-electron chi connectivity index (χ4n) is 2.43. The van der Waals surface area contributed by atoms with Crippen LogP contribution in [-0.2, 0) is 14.8 Å². The summed E-state index contributed by atoms with van der Waals surface area (Å²) in [5.74, 6) is -0.208. The number of hydrogen-bond acceptors (Lipinski definition) is 3. The van der Waals surface area contributed by atoms with Crippen LogP contribution in [0.3, 0.4) is 0 Å². The Hall–Kier alpha value is -1.40. The maximum atomic E-state index is 12.6. The van der Waals surface area contributed by atoms with Crippen LogP contribution < -0.4 is 5.32 Å². The predicted octanol–water partition coefficient (Wildman–Crippen LogP) is 1.28. The van der Waals surface area contributed by atoms with Crippen molar-refractivity contribution in [1.29, 1.82) is 0 Å². The van der Waals surface area contributed by atoms with Crippen LogP contribution in [0.5, 0.6) is 0 Å². The minimum Gasteiger partial charge on any atom is -0.355 e. The van der Waals surface area contributed by atoms with E-state index in [2.05, 4.69) is 5.32 Å². The highest BCUT2D eigenvalue weighted by Gasteiger charge is 2.39. The first-order valence-corrected chi connectivity index (χ1v) is 8.27. The van der Waals surface area contributed by atoms with Gasteiger partial charge in [-0.2, -0.15) is 4.31 Å². The molecule has 1 N–H and O–H groups in total. The van der Waals surface area contributed by atoms with E-state index in [-0.39, 0.29) is 10.8 Å². The molecular formula is C14H20N2O3S. The van der Waals surface area contributed by atoms with E-state index < -0.39 is 16.1 Å². The van der Waals surface area contributed by atoms with Crippen molar-refractivity contribution < 1.29 is 13.2 Å². The number of aryl methyl sites for hydroxylation is 1. The van der Waals surface area contributed by atoms with Crippen molar-refractivity contribution in [2.45, 2.75) is 37.6 Å². The zero-order chi connectivity index (χ0) is 14.8. The number of hydrogen-bond donors (Lipinski definition) is 1. The number of nitrogens with zero attached hydrogens (tertiary/aromatic N) is 1. The van der Waals surface area contributed by atoms with Gasteiger partial charge in [0, 0.05) is 13.1 Å². The van der Waals surface area contributed by atoms with Crippen molar-refractivity contribution in [1.82, 2.24) is 9.62 Å². The molecule has 0 spiro atoms. The Morgan fingerprint density at radius 2 is 2.00 bits per heavy atom. The maximum Gasteiger partial charge on any atom is 0.243 e. The molecule has 0 aromatic heterocycles. The second-order valence-electron chi connectivity index (χ2n) is 4.98. The van der Waals surface area contributed by atoms with Crippen molar-refractivity contribution in [3.05, 3.63) is 29.8 Å². The van der Waals surface area contributed by atoms with E-state index in [1.165, 1.54) is 4.31 Å². The van der Waals surface area contributed by atoms with E-state index in [0.29, 0.717) is 25.9 Å². The molecule has 1 aliphatic rings. The summed E-state index contributed by atoms with van der Waals surface area (Å²) in [4.78, 5) is 12.2. The van der Waals surface area contributed by atoms with Crippen molar-refractivity contribution in [3.8, 4) is 0 Å². The average molecular weight is 296 g/mol. The number of amides is 1. The van der Waals surface area contributed by atoms with Crippen LogP contribution in [-0.4, -0.2) is 37.8 Å². The molecule has 0 bridgehead atoms. The van der Waals surface area contributed by atoms with Gasteiger partial charge in [-0.25, -0.2) is 8.42 Å². The second-order valence-corrected chi connectivity index (χ2v) is 6.87. The lowest BCUT2D eigenvalue weighted by Crippen LogP contribution is -2.45. The minimum absolute atomic E-state index is 0.208. The smallest absolute Gasteiger partial charge is 0.243 e. The number of likely N-dealkylation sites (N-methyl/N-ethyl adjacent to an activating group) is 1. The minimum atomic E-state index is -3.60. The lowest BCUT2D eigenvalue weighted by molar-refractivity contribution is -0.124. The molecule has 2 rings (SSSR count). The Morgan fingerprint density at radius 3 is 2.60 bits per heavy atom. The van der Waals surface area contributed by atoms with Gasteiger partial charge in [0.1, 0.15) is 6.04 Å². The number of carbonyl (C=O) groups excluding carboxylic acids is 1. The van der Waals surface area contributed by atoms with Gasteiger partial charge in [0.2, 0.25) is 15.9 Å². The summed E-state index contributed by atoms with van der Waals surface area (Å²) < 4.78 is 26.5. The summed E-state index contributed by atoms with van der Waals surface area (Å²) in [5, 5.41) is 2.71. The van der Waals surface area contributed by atoms with E-state index in [0.717, 1.165) is 5.56 Å². The summed E-state index contributed by atoms with van der Waals surface area (Å²) in [7, 11) is -3.60. The Bertz CT molecular complexity index is 581. The van der Waals surface area contributed by atoms with Crippen LogP contribution in [0.2, 0.25) is 0 Å². The molecule has 20 heavy (non-hydrogen) atoms. The predicted molar refractivity (Wildman–Crippen MR) is 76.8 cm³/mol. The highest BCUT2D eigenvalue weighted by molar-refractivity contribution is 7.89. The Balaban J connectivity index is 2.28. The van der Waals surface area contributed by atoms with E-state index in [4.69, 9.17) is 0 Å². The lowest BCUT2D eigenvalue weighted by Gasteiger charge is -2.23. The molecule has 1 aliphatic heterocycles. The first kappa shape index (κ1) is 15.0. The quantitative estimate of drug-likeness (QED) is 0.910. The molecule has 1 saturated heterocycles. The molecule has 1 heterocycles. The summed E-state index contributed by atoms with van der Waals surface area (Å²) in [6, 6.07) is 6.14. The molecule has 110 valence electrons. The Kier molecular flexibility index (Phi) is 4.45. The van der Waals surface area contributed by atoms with Gasteiger partial charge in [0.15, 0.2) is 0 Å². The van der Waals surface area contributed by atoms with Crippen LogP contribution in [0.15, 0.2) is 29.2 Å². The first-order valence-electron chi connectivity index (χ1n) is 6.83. The van der Waals surface area contributed by atoms with Gasteiger partial charge in [-0.15, -0.1) is 0 Å². The summed E-state index contributed by atoms with van der Waals surface area (Å²) in [6.07, 6.45) is 1.30. The fourth-order valence-corrected chi connectivity index (χ4v) is 4.08. The van der Waals surface area contributed by atoms with Gasteiger partial charge >= 0.3 is 0 Å². The average Bonchev–Trinajstić information content (AvgIpc) is 2.89. The van der Waals surface area contributed by atoms with Crippen molar-refractivity contribution >= 4 is 15.9 Å². The van der Waals surface area contributed by atoms with Crippen molar-refractivity contribution in [2.24, 2.45) is 0 Å². The van der Waals surface area contributed by atoms with Crippen LogP contribution >= 0.6 is 0 Å². The Morgan fingerprint density at radius 1 is 1.35 bits per heavy atom. The maximum absolute atomic E-state index is 12.6. The van der Waals surface area contributed by atoms with Gasteiger partial charge in [0.05, 0.1) is 4.90 Å². The fraction of sp³-hybridized carbons (Fsp3) is 0.500. The lowest BCUT2D eigenvalue weighted by atomic mass is 10.2. The monoisotopic (exact) mass is 296 g/mol. The highest BCUT2D eigenvalue weighted by atomic mass is 32.2. The van der Waals surface area contributed by atoms with E-state index in [1.54, 1.807) is 24.3 Å². The highest BCUT2D eigenvalue weighted by Crippen LogP contribution is 2.26. The molecule has 5 nitrogen and oxygen atoms in total. The SMILES string of the molecule is CCNC(=O)[C@@H]1CCCN1S(=O)(=O)c1ccc(C)cc1. The van der Waals surface area contributed by atoms with Crippen molar-refractivity contribution in [3.63, 3.8) is 0 Å². The van der Waals surface area contributed by atoms with Crippen LogP contribution in [0, 0.1) is 6.92 Å². The third kappa shape index (κ3) is 2.86. The van der Waals surface area contributed by atoms with E-state index in [1.807, 2.05) is 13.8 Å². The molecule has 0 unspecified atom stereocenters. The zero-order valence-electron chi connectivity index (χ0n) is 11.8. The molecule has 1 aromatic rings. The summed E-state index contributed by atoms with van der Waals surface area (Å²) >= 11 is 0. The number of benzene rings is 1. The number of nitrogens with one attached hydrogen (secondary N) is 1. The molecule has 6 heteroatoms. The van der Waals surface area contributed by atoms with Gasteiger partial charge in [0.25, 0.3) is 0 Å². The van der Waals surface area contributed by atoms with Crippen molar-refractivity contribution in [2.75, 3.05) is 13.1 Å². The largest absolute Gasteiger partial charge is 0.355 e. The number of rotatable bonds is 4. The van der Waals surface area contributed by atoms with Gasteiger partial charge in [-0.05, 0) is 38.8 Å². The third-order valence-corrected chi connectivity index (χ3v) is 5.41. The van der Waals surface area contributed by atoms with E-state index >= 15 is 0 Å². The molecule has 0 radical (unpaired) electrons. The Labute approximate surface area is 120 Å². The second kappa shape index (κ2) is 5.93. The summed E-state index contributed by atoms with van der Waals surface area (Å²) in [6.45, 7) is 4.64. The standard InChI is InChI=1S/C14H20N2O3S/c1-3-15-14(17)13-5-4-10-16(13)20(18,19)12-8-6-11(2)7-9-12/h6-9,13H,3-5,10H2,1-2H3,(H,15,17)/t13-/m0/s1. The molecule has 0 saturated carbocycles. The molecule has 1 fully saturated rings. The summed E-state index contributed by atoms with van der Waals surface area (Å²) in [5.41, 5.74) is 1.01. The molecule has 1 aromatic carbocycles. The first-order chi connectivity index (χ1) is 9.46. The van der Waals surface area contributed by atoms with Gasteiger partial charge in [-0.3, -0.25) is 4.79 Å². The topological polar surface area (TPSA) is 66.5 Å². The van der Waals surface area contributed by atoms with Crippen LogP contribution in [0.1, 0.15) is 25.3 Å². The van der Waals surface area contributed by atoms with E-state index in [9.17, 15) is 13.2 Å². The van der Waals surface area contributed by atoms with Gasteiger partial charge in [-0.1, -0.05) is 17.7 Å². The molecule has 0 aliphatic carbocycles. The number of carbonyl (C=O) groups is 1. The third-order valence-electron chi connectivity index (χ3n) is 3.48. The zero-order valence-corrected chi connectivity index (χ0v) is 12.6. The molecular weight excluding hydrogens is 276 g/mol. The van der Waals surface area contributed by atoms with Crippen LogP contribution in [0.4, 0.5) is 0 Å². The molecule has 1 amide bonds. The van der Waals surface area contributed by atoms with Gasteiger partial charge < -0.3 is 5.32 Å².